The molecule has 0 spiro atoms. The summed E-state index contributed by atoms with van der Waals surface area (Å²) >= 11 is 0. The van der Waals surface area contributed by atoms with Crippen molar-refractivity contribution < 1.29 is 23.7 Å². The SMILES string of the molecule is CCOCOc1ccc2c(c1)OC[C@@H]1c3ccc(OC)cc3O[C@H]21. The van der Waals surface area contributed by atoms with Crippen molar-refractivity contribution in [2.75, 3.05) is 27.1 Å². The third kappa shape index (κ3) is 2.55. The maximum atomic E-state index is 6.19. The van der Waals surface area contributed by atoms with Crippen LogP contribution in [-0.4, -0.2) is 27.1 Å². The van der Waals surface area contributed by atoms with E-state index in [9.17, 15) is 0 Å². The summed E-state index contributed by atoms with van der Waals surface area (Å²) in [6, 6.07) is 11.8. The average molecular weight is 328 g/mol. The Hall–Kier alpha value is -2.40. The van der Waals surface area contributed by atoms with Crippen molar-refractivity contribution in [3.8, 4) is 23.0 Å². The van der Waals surface area contributed by atoms with Crippen LogP contribution >= 0.6 is 0 Å². The molecular formula is C19H20O5. The summed E-state index contributed by atoms with van der Waals surface area (Å²) < 4.78 is 28.2. The Bertz CT molecular complexity index is 743. The lowest BCUT2D eigenvalue weighted by atomic mass is 9.89. The molecule has 0 fully saturated rings. The Morgan fingerprint density at radius 2 is 1.83 bits per heavy atom. The van der Waals surface area contributed by atoms with Gasteiger partial charge in [-0.1, -0.05) is 6.07 Å². The molecule has 2 aliphatic rings. The quantitative estimate of drug-likeness (QED) is 0.619. The zero-order valence-corrected chi connectivity index (χ0v) is 13.8. The third-order valence-electron chi connectivity index (χ3n) is 4.46. The van der Waals surface area contributed by atoms with Gasteiger partial charge in [-0.3, -0.25) is 0 Å². The summed E-state index contributed by atoms with van der Waals surface area (Å²) in [5.41, 5.74) is 2.22. The van der Waals surface area contributed by atoms with Crippen LogP contribution in [0.3, 0.4) is 0 Å². The van der Waals surface area contributed by atoms with Crippen molar-refractivity contribution in [2.24, 2.45) is 0 Å². The molecule has 2 aromatic rings. The van der Waals surface area contributed by atoms with Crippen LogP contribution in [-0.2, 0) is 4.74 Å². The Morgan fingerprint density at radius 3 is 2.67 bits per heavy atom. The van der Waals surface area contributed by atoms with Gasteiger partial charge in [0.15, 0.2) is 6.79 Å². The molecule has 5 heteroatoms. The van der Waals surface area contributed by atoms with Crippen molar-refractivity contribution in [3.05, 3.63) is 47.5 Å². The van der Waals surface area contributed by atoms with Crippen molar-refractivity contribution in [2.45, 2.75) is 18.9 Å². The van der Waals surface area contributed by atoms with E-state index < -0.39 is 0 Å². The molecule has 2 aromatic carbocycles. The van der Waals surface area contributed by atoms with Crippen LogP contribution in [0.5, 0.6) is 23.0 Å². The predicted octanol–water partition coefficient (Wildman–Crippen LogP) is 3.68. The highest BCUT2D eigenvalue weighted by atomic mass is 16.7. The van der Waals surface area contributed by atoms with E-state index in [0.29, 0.717) is 13.2 Å². The fourth-order valence-electron chi connectivity index (χ4n) is 3.23. The zero-order valence-electron chi connectivity index (χ0n) is 13.8. The number of hydrogen-bond donors (Lipinski definition) is 0. The molecule has 0 unspecified atom stereocenters. The van der Waals surface area contributed by atoms with Crippen molar-refractivity contribution in [1.82, 2.24) is 0 Å². The molecule has 24 heavy (non-hydrogen) atoms. The van der Waals surface area contributed by atoms with E-state index in [2.05, 4.69) is 6.07 Å². The summed E-state index contributed by atoms with van der Waals surface area (Å²) in [5, 5.41) is 0. The highest BCUT2D eigenvalue weighted by molar-refractivity contribution is 5.52. The summed E-state index contributed by atoms with van der Waals surface area (Å²) in [5.74, 6) is 3.42. The monoisotopic (exact) mass is 328 g/mol. The molecule has 5 nitrogen and oxygen atoms in total. The second-order valence-corrected chi connectivity index (χ2v) is 5.81. The van der Waals surface area contributed by atoms with Crippen LogP contribution in [0.4, 0.5) is 0 Å². The molecule has 0 aliphatic carbocycles. The van der Waals surface area contributed by atoms with Crippen LogP contribution in [0.15, 0.2) is 36.4 Å². The molecule has 0 aromatic heterocycles. The van der Waals surface area contributed by atoms with Gasteiger partial charge in [0, 0.05) is 29.9 Å². The van der Waals surface area contributed by atoms with E-state index >= 15 is 0 Å². The lowest BCUT2D eigenvalue weighted by Crippen LogP contribution is -2.23. The molecule has 0 amide bonds. The minimum atomic E-state index is -0.0307. The minimum Gasteiger partial charge on any atom is -0.497 e. The van der Waals surface area contributed by atoms with Crippen molar-refractivity contribution in [1.29, 1.82) is 0 Å². The van der Waals surface area contributed by atoms with E-state index in [-0.39, 0.29) is 18.8 Å². The molecule has 0 saturated carbocycles. The van der Waals surface area contributed by atoms with Gasteiger partial charge in [0.2, 0.25) is 0 Å². The van der Waals surface area contributed by atoms with Gasteiger partial charge in [-0.15, -0.1) is 0 Å². The molecule has 0 radical (unpaired) electrons. The van der Waals surface area contributed by atoms with Gasteiger partial charge >= 0.3 is 0 Å². The number of methoxy groups -OCH3 is 1. The normalized spacial score (nSPS) is 20.2. The topological polar surface area (TPSA) is 46.2 Å². The van der Waals surface area contributed by atoms with E-state index in [1.165, 1.54) is 5.56 Å². The molecule has 2 aliphatic heterocycles. The number of ether oxygens (including phenoxy) is 5. The van der Waals surface area contributed by atoms with Gasteiger partial charge in [-0.2, -0.15) is 0 Å². The Labute approximate surface area is 141 Å². The van der Waals surface area contributed by atoms with Gasteiger partial charge in [-0.25, -0.2) is 0 Å². The summed E-state index contributed by atoms with van der Waals surface area (Å²) in [6.07, 6.45) is -0.0307. The molecule has 2 atom stereocenters. The summed E-state index contributed by atoms with van der Waals surface area (Å²) in [7, 11) is 1.66. The maximum Gasteiger partial charge on any atom is 0.189 e. The van der Waals surface area contributed by atoms with Crippen LogP contribution in [0.1, 0.15) is 30.1 Å². The van der Waals surface area contributed by atoms with Gasteiger partial charge in [0.05, 0.1) is 19.6 Å². The molecular weight excluding hydrogens is 308 g/mol. The first kappa shape index (κ1) is 15.1. The maximum absolute atomic E-state index is 6.19. The van der Waals surface area contributed by atoms with Gasteiger partial charge in [0.25, 0.3) is 0 Å². The highest BCUT2D eigenvalue weighted by Gasteiger charge is 2.40. The number of benzene rings is 2. The number of hydrogen-bond acceptors (Lipinski definition) is 5. The highest BCUT2D eigenvalue weighted by Crippen LogP contribution is 2.52. The molecule has 0 N–H and O–H groups in total. The lowest BCUT2D eigenvalue weighted by Gasteiger charge is -2.28. The molecule has 0 bridgehead atoms. The molecule has 126 valence electrons. The largest absolute Gasteiger partial charge is 0.497 e. The third-order valence-corrected chi connectivity index (χ3v) is 4.46. The van der Waals surface area contributed by atoms with Crippen molar-refractivity contribution >= 4 is 0 Å². The second-order valence-electron chi connectivity index (χ2n) is 5.81. The van der Waals surface area contributed by atoms with Gasteiger partial charge in [0.1, 0.15) is 29.1 Å². The van der Waals surface area contributed by atoms with Crippen LogP contribution in [0.2, 0.25) is 0 Å². The van der Waals surface area contributed by atoms with Gasteiger partial charge < -0.3 is 23.7 Å². The first-order valence-electron chi connectivity index (χ1n) is 8.12. The van der Waals surface area contributed by atoms with E-state index in [1.54, 1.807) is 7.11 Å². The smallest absolute Gasteiger partial charge is 0.189 e. The number of fused-ring (bicyclic) bond motifs is 5. The predicted molar refractivity (Wildman–Crippen MR) is 88.2 cm³/mol. The Balaban J connectivity index is 1.58. The van der Waals surface area contributed by atoms with E-state index in [1.807, 2.05) is 37.3 Å². The summed E-state index contributed by atoms with van der Waals surface area (Å²) in [6.45, 7) is 3.39. The standard InChI is InChI=1S/C19H20O5/c1-3-21-11-23-13-5-7-15-17(9-13)22-10-16-14-6-4-12(20-2)8-18(14)24-19(15)16/h4-9,16,19H,3,10-11H2,1-2H3/t16-,19-/m1/s1. The molecule has 0 saturated heterocycles. The molecule has 2 heterocycles. The van der Waals surface area contributed by atoms with Gasteiger partial charge in [-0.05, 0) is 25.1 Å². The fraction of sp³-hybridized carbons (Fsp3) is 0.368. The van der Waals surface area contributed by atoms with E-state index in [4.69, 9.17) is 23.7 Å². The lowest BCUT2D eigenvalue weighted by molar-refractivity contribution is 0.0221. The van der Waals surface area contributed by atoms with Crippen LogP contribution in [0.25, 0.3) is 0 Å². The Morgan fingerprint density at radius 1 is 1.04 bits per heavy atom. The Kier molecular flexibility index (Phi) is 3.94. The van der Waals surface area contributed by atoms with Crippen molar-refractivity contribution in [3.63, 3.8) is 0 Å². The average Bonchev–Trinajstić information content (AvgIpc) is 2.99. The zero-order chi connectivity index (χ0) is 16.5. The first-order chi connectivity index (χ1) is 11.8. The number of rotatable bonds is 5. The fourth-order valence-corrected chi connectivity index (χ4v) is 3.23. The molecule has 4 rings (SSSR count). The van der Waals surface area contributed by atoms with Crippen LogP contribution < -0.4 is 18.9 Å². The first-order valence-corrected chi connectivity index (χ1v) is 8.12. The van der Waals surface area contributed by atoms with Crippen LogP contribution in [0, 0.1) is 0 Å². The summed E-state index contributed by atoms with van der Waals surface area (Å²) in [4.78, 5) is 0. The van der Waals surface area contributed by atoms with E-state index in [0.717, 1.165) is 28.6 Å². The second kappa shape index (κ2) is 6.24. The minimum absolute atomic E-state index is 0.0307.